The fourth-order valence-electron chi connectivity index (χ4n) is 3.93. The van der Waals surface area contributed by atoms with Crippen LogP contribution in [-0.2, 0) is 14.3 Å². The third-order valence-corrected chi connectivity index (χ3v) is 5.33. The molecule has 0 aliphatic carbocycles. The van der Waals surface area contributed by atoms with Gasteiger partial charge in [0.05, 0.1) is 44.0 Å². The monoisotopic (exact) mass is 362 g/mol. The molecule has 0 bridgehead atoms. The van der Waals surface area contributed by atoms with E-state index in [0.717, 1.165) is 18.4 Å². The molecule has 6 nitrogen and oxygen atoms in total. The standard InChI is InChI=1S/C20H30N2O4/c1-14(15-6-4-3-5-7-15)21-20(24)10-17-8-9-18-19(26-17)13-25-12-16(23)11-22(18)2/h3-7,14,16-19,23H,8-13H2,1-2H3,(H,21,24)/t14-,16-,17+,18+,19-/m0/s1. The van der Waals surface area contributed by atoms with Crippen molar-refractivity contribution in [3.63, 3.8) is 0 Å². The Morgan fingerprint density at radius 3 is 2.85 bits per heavy atom. The molecule has 1 amide bonds. The van der Waals surface area contributed by atoms with Gasteiger partial charge in [-0.05, 0) is 32.4 Å². The Kier molecular flexibility index (Phi) is 6.64. The predicted octanol–water partition coefficient (Wildman–Crippen LogP) is 1.49. The molecule has 0 spiro atoms. The topological polar surface area (TPSA) is 71.0 Å². The summed E-state index contributed by atoms with van der Waals surface area (Å²) in [4.78, 5) is 14.6. The number of β-amino-alcohol motifs (C(OH)–C–C–N with tert-alkyl or cyclic N) is 1. The van der Waals surface area contributed by atoms with E-state index in [1.165, 1.54) is 0 Å². The van der Waals surface area contributed by atoms with Crippen molar-refractivity contribution in [1.29, 1.82) is 0 Å². The first-order valence-corrected chi connectivity index (χ1v) is 9.48. The number of likely N-dealkylation sites (N-methyl/N-ethyl adjacent to an activating group) is 1. The molecule has 2 heterocycles. The van der Waals surface area contributed by atoms with Gasteiger partial charge < -0.3 is 19.9 Å². The van der Waals surface area contributed by atoms with Gasteiger partial charge in [-0.2, -0.15) is 0 Å². The molecule has 0 unspecified atom stereocenters. The molecule has 2 aliphatic rings. The number of fused-ring (bicyclic) bond motifs is 1. The summed E-state index contributed by atoms with van der Waals surface area (Å²) in [7, 11) is 2.02. The van der Waals surface area contributed by atoms with Crippen LogP contribution in [0.5, 0.6) is 0 Å². The average Bonchev–Trinajstić information content (AvgIpc) is 2.61. The number of aliphatic hydroxyl groups excluding tert-OH is 1. The van der Waals surface area contributed by atoms with Gasteiger partial charge in [0.25, 0.3) is 0 Å². The van der Waals surface area contributed by atoms with Crippen LogP contribution >= 0.6 is 0 Å². The van der Waals surface area contributed by atoms with E-state index in [0.29, 0.717) is 26.2 Å². The Morgan fingerprint density at radius 2 is 2.08 bits per heavy atom. The number of rotatable bonds is 4. The summed E-state index contributed by atoms with van der Waals surface area (Å²) < 4.78 is 11.8. The SMILES string of the molecule is C[C@H](NC(=O)C[C@H]1CC[C@@H]2[C@H](COC[C@@H](O)CN2C)O1)c1ccccc1. The molecule has 1 aromatic carbocycles. The maximum Gasteiger partial charge on any atom is 0.223 e. The highest BCUT2D eigenvalue weighted by atomic mass is 16.5. The summed E-state index contributed by atoms with van der Waals surface area (Å²) >= 11 is 0. The van der Waals surface area contributed by atoms with Crippen molar-refractivity contribution >= 4 is 5.91 Å². The highest BCUT2D eigenvalue weighted by molar-refractivity contribution is 5.76. The van der Waals surface area contributed by atoms with Crippen LogP contribution in [-0.4, -0.2) is 67.1 Å². The maximum atomic E-state index is 12.4. The van der Waals surface area contributed by atoms with E-state index in [4.69, 9.17) is 9.47 Å². The fraction of sp³-hybridized carbons (Fsp3) is 0.650. The van der Waals surface area contributed by atoms with Crippen LogP contribution in [0.25, 0.3) is 0 Å². The zero-order chi connectivity index (χ0) is 18.5. The molecule has 1 aromatic rings. The second-order valence-corrected chi connectivity index (χ2v) is 7.48. The lowest BCUT2D eigenvalue weighted by Gasteiger charge is -2.43. The number of ether oxygens (including phenoxy) is 2. The van der Waals surface area contributed by atoms with Crippen LogP contribution < -0.4 is 5.32 Å². The molecule has 0 saturated carbocycles. The van der Waals surface area contributed by atoms with Crippen molar-refractivity contribution in [2.45, 2.75) is 56.6 Å². The molecular formula is C20H30N2O4. The smallest absolute Gasteiger partial charge is 0.223 e. The molecule has 2 saturated heterocycles. The first-order valence-electron chi connectivity index (χ1n) is 9.48. The lowest BCUT2D eigenvalue weighted by molar-refractivity contribution is -0.153. The third kappa shape index (κ3) is 5.04. The van der Waals surface area contributed by atoms with Crippen molar-refractivity contribution in [3.05, 3.63) is 35.9 Å². The van der Waals surface area contributed by atoms with Gasteiger partial charge in [-0.1, -0.05) is 30.3 Å². The highest BCUT2D eigenvalue weighted by Crippen LogP contribution is 2.27. The first kappa shape index (κ1) is 19.3. The second-order valence-electron chi connectivity index (χ2n) is 7.48. The van der Waals surface area contributed by atoms with Gasteiger partial charge in [0, 0.05) is 12.6 Å². The lowest BCUT2D eigenvalue weighted by atomic mass is 9.95. The van der Waals surface area contributed by atoms with E-state index >= 15 is 0 Å². The molecule has 2 N–H and O–H groups in total. The van der Waals surface area contributed by atoms with Gasteiger partial charge in [-0.3, -0.25) is 9.69 Å². The minimum Gasteiger partial charge on any atom is -0.389 e. The fourth-order valence-corrected chi connectivity index (χ4v) is 3.93. The van der Waals surface area contributed by atoms with Gasteiger partial charge in [-0.15, -0.1) is 0 Å². The van der Waals surface area contributed by atoms with E-state index in [2.05, 4.69) is 10.2 Å². The van der Waals surface area contributed by atoms with Gasteiger partial charge in [0.2, 0.25) is 5.91 Å². The molecular weight excluding hydrogens is 332 g/mol. The molecule has 0 radical (unpaired) electrons. The van der Waals surface area contributed by atoms with E-state index in [1.54, 1.807) is 0 Å². The number of amides is 1. The number of nitrogens with one attached hydrogen (secondary N) is 1. The highest BCUT2D eigenvalue weighted by Gasteiger charge is 2.36. The quantitative estimate of drug-likeness (QED) is 0.849. The largest absolute Gasteiger partial charge is 0.389 e. The number of carbonyl (C=O) groups excluding carboxylic acids is 1. The van der Waals surface area contributed by atoms with Gasteiger partial charge >= 0.3 is 0 Å². The van der Waals surface area contributed by atoms with Crippen molar-refractivity contribution in [3.8, 4) is 0 Å². The molecule has 6 heteroatoms. The summed E-state index contributed by atoms with van der Waals surface area (Å²) in [5.41, 5.74) is 1.10. The van der Waals surface area contributed by atoms with Crippen LogP contribution in [0.15, 0.2) is 30.3 Å². The molecule has 26 heavy (non-hydrogen) atoms. The van der Waals surface area contributed by atoms with Crippen LogP contribution in [0.4, 0.5) is 0 Å². The van der Waals surface area contributed by atoms with Crippen LogP contribution in [0.3, 0.4) is 0 Å². The first-order chi connectivity index (χ1) is 12.5. The maximum absolute atomic E-state index is 12.4. The van der Waals surface area contributed by atoms with Crippen molar-refractivity contribution in [2.75, 3.05) is 26.8 Å². The number of hydrogen-bond acceptors (Lipinski definition) is 5. The van der Waals surface area contributed by atoms with Gasteiger partial charge in [-0.25, -0.2) is 0 Å². The number of aliphatic hydroxyl groups is 1. The predicted molar refractivity (Wildman–Crippen MR) is 98.8 cm³/mol. The summed E-state index contributed by atoms with van der Waals surface area (Å²) in [5, 5.41) is 12.9. The van der Waals surface area contributed by atoms with E-state index in [9.17, 15) is 9.90 Å². The minimum absolute atomic E-state index is 0.0142. The average molecular weight is 362 g/mol. The zero-order valence-corrected chi connectivity index (χ0v) is 15.6. The Labute approximate surface area is 155 Å². The Balaban J connectivity index is 1.51. The van der Waals surface area contributed by atoms with E-state index in [1.807, 2.05) is 44.3 Å². The zero-order valence-electron chi connectivity index (χ0n) is 15.6. The normalized spacial score (nSPS) is 31.3. The van der Waals surface area contributed by atoms with Crippen LogP contribution in [0.2, 0.25) is 0 Å². The molecule has 2 fully saturated rings. The van der Waals surface area contributed by atoms with E-state index < -0.39 is 6.10 Å². The Bertz CT molecular complexity index is 582. The molecule has 0 aromatic heterocycles. The number of hydrogen-bond donors (Lipinski definition) is 2. The Morgan fingerprint density at radius 1 is 1.31 bits per heavy atom. The summed E-state index contributed by atoms with van der Waals surface area (Å²) in [6.45, 7) is 3.37. The van der Waals surface area contributed by atoms with Crippen molar-refractivity contribution < 1.29 is 19.4 Å². The van der Waals surface area contributed by atoms with Crippen molar-refractivity contribution in [2.24, 2.45) is 0 Å². The number of carbonyl (C=O) groups is 1. The summed E-state index contributed by atoms with van der Waals surface area (Å²) in [6.07, 6.45) is 1.57. The molecule has 2 aliphatic heterocycles. The Hall–Kier alpha value is -1.47. The number of benzene rings is 1. The van der Waals surface area contributed by atoms with Crippen LogP contribution in [0, 0.1) is 0 Å². The van der Waals surface area contributed by atoms with Crippen molar-refractivity contribution in [1.82, 2.24) is 10.2 Å². The molecule has 144 valence electrons. The molecule has 5 atom stereocenters. The van der Waals surface area contributed by atoms with Gasteiger partial charge in [0.1, 0.15) is 0 Å². The number of nitrogens with zero attached hydrogens (tertiary/aromatic N) is 1. The minimum atomic E-state index is -0.455. The molecule has 3 rings (SSSR count). The third-order valence-electron chi connectivity index (χ3n) is 5.33. The summed E-state index contributed by atoms with van der Waals surface area (Å²) in [5.74, 6) is 0.0142. The second kappa shape index (κ2) is 8.95. The van der Waals surface area contributed by atoms with Gasteiger partial charge in [0.15, 0.2) is 0 Å². The summed E-state index contributed by atoms with van der Waals surface area (Å²) in [6, 6.07) is 10.2. The van der Waals surface area contributed by atoms with E-state index in [-0.39, 0.29) is 30.2 Å². The van der Waals surface area contributed by atoms with Crippen LogP contribution in [0.1, 0.15) is 37.8 Å². The lowest BCUT2D eigenvalue weighted by Crippen LogP contribution is -2.54.